The molecule has 0 saturated carbocycles. The van der Waals surface area contributed by atoms with E-state index in [0.717, 1.165) is 6.54 Å². The summed E-state index contributed by atoms with van der Waals surface area (Å²) in [7, 11) is 5.49. The first-order valence-corrected chi connectivity index (χ1v) is 5.73. The van der Waals surface area contributed by atoms with Gasteiger partial charge >= 0.3 is 0 Å². The number of likely N-dealkylation sites (N-methyl/N-ethyl adjacent to an activating group) is 1. The summed E-state index contributed by atoms with van der Waals surface area (Å²) in [4.78, 5) is 2.03. The molecule has 0 aromatic heterocycles. The second-order valence-electron chi connectivity index (χ2n) is 4.55. The van der Waals surface area contributed by atoms with Crippen LogP contribution >= 0.6 is 0 Å². The number of anilines is 2. The lowest BCUT2D eigenvalue weighted by atomic mass is 10.2. The van der Waals surface area contributed by atoms with E-state index in [2.05, 4.69) is 0 Å². The van der Waals surface area contributed by atoms with E-state index in [0.29, 0.717) is 35.2 Å². The van der Waals surface area contributed by atoms with Crippen LogP contribution in [-0.2, 0) is 0 Å². The number of methoxy groups -OCH3 is 1. The molecule has 6 nitrogen and oxygen atoms in total. The minimum absolute atomic E-state index is 0.0532. The second-order valence-corrected chi connectivity index (χ2v) is 4.55. The van der Waals surface area contributed by atoms with Crippen molar-refractivity contribution in [3.05, 3.63) is 6.07 Å². The van der Waals surface area contributed by atoms with Crippen molar-refractivity contribution in [3.8, 4) is 17.2 Å². The molecule has 0 saturated heterocycles. The van der Waals surface area contributed by atoms with Crippen molar-refractivity contribution in [1.82, 2.24) is 4.90 Å². The van der Waals surface area contributed by atoms with Gasteiger partial charge in [0, 0.05) is 12.6 Å². The molecule has 0 fully saturated rings. The summed E-state index contributed by atoms with van der Waals surface area (Å²) in [5, 5.41) is 0. The van der Waals surface area contributed by atoms with Crippen LogP contribution in [0.1, 0.15) is 0 Å². The molecule has 0 aliphatic carbocycles. The van der Waals surface area contributed by atoms with Crippen LogP contribution in [0.25, 0.3) is 0 Å². The van der Waals surface area contributed by atoms with Gasteiger partial charge in [-0.3, -0.25) is 0 Å². The quantitative estimate of drug-likeness (QED) is 0.766. The topological polar surface area (TPSA) is 83.0 Å². The molecule has 4 N–H and O–H groups in total. The molecule has 2 rings (SSSR count). The fourth-order valence-electron chi connectivity index (χ4n) is 1.96. The second kappa shape index (κ2) is 4.81. The van der Waals surface area contributed by atoms with Crippen molar-refractivity contribution >= 4 is 11.4 Å². The molecule has 1 aliphatic heterocycles. The first-order chi connectivity index (χ1) is 8.52. The van der Waals surface area contributed by atoms with E-state index in [9.17, 15) is 0 Å². The van der Waals surface area contributed by atoms with Crippen LogP contribution in [0.4, 0.5) is 11.4 Å². The van der Waals surface area contributed by atoms with Gasteiger partial charge in [0.05, 0.1) is 12.8 Å². The summed E-state index contributed by atoms with van der Waals surface area (Å²) < 4.78 is 16.6. The third-order valence-electron chi connectivity index (χ3n) is 2.75. The highest BCUT2D eigenvalue weighted by Gasteiger charge is 2.27. The van der Waals surface area contributed by atoms with Crippen LogP contribution in [0.3, 0.4) is 0 Å². The smallest absolute Gasteiger partial charge is 0.190 e. The highest BCUT2D eigenvalue weighted by atomic mass is 16.6. The maximum absolute atomic E-state index is 5.93. The lowest BCUT2D eigenvalue weighted by Crippen LogP contribution is -2.38. The Kier molecular flexibility index (Phi) is 3.38. The summed E-state index contributed by atoms with van der Waals surface area (Å²) in [6.45, 7) is 1.20. The largest absolute Gasteiger partial charge is 0.494 e. The molecule has 0 amide bonds. The first kappa shape index (κ1) is 12.6. The molecule has 0 radical (unpaired) electrons. The monoisotopic (exact) mass is 253 g/mol. The van der Waals surface area contributed by atoms with E-state index in [4.69, 9.17) is 25.7 Å². The Hall–Kier alpha value is -1.82. The lowest BCUT2D eigenvalue weighted by Gasteiger charge is -2.30. The van der Waals surface area contributed by atoms with Gasteiger partial charge in [0.25, 0.3) is 0 Å². The molecule has 0 bridgehead atoms. The number of nitrogen functional groups attached to an aromatic ring is 2. The first-order valence-electron chi connectivity index (χ1n) is 5.73. The van der Waals surface area contributed by atoms with Gasteiger partial charge in [-0.25, -0.2) is 0 Å². The van der Waals surface area contributed by atoms with E-state index >= 15 is 0 Å². The van der Waals surface area contributed by atoms with Crippen molar-refractivity contribution in [2.24, 2.45) is 0 Å². The number of nitrogens with zero attached hydrogens (tertiary/aromatic N) is 1. The van der Waals surface area contributed by atoms with Gasteiger partial charge in [-0.1, -0.05) is 0 Å². The average molecular weight is 253 g/mol. The van der Waals surface area contributed by atoms with Crippen LogP contribution in [0.15, 0.2) is 6.07 Å². The molecule has 1 unspecified atom stereocenters. The zero-order chi connectivity index (χ0) is 13.3. The Morgan fingerprint density at radius 2 is 2.11 bits per heavy atom. The molecule has 1 aliphatic rings. The molecule has 1 aromatic rings. The third kappa shape index (κ3) is 2.24. The highest BCUT2D eigenvalue weighted by Crippen LogP contribution is 2.46. The lowest BCUT2D eigenvalue weighted by molar-refractivity contribution is 0.0724. The van der Waals surface area contributed by atoms with E-state index in [1.54, 1.807) is 6.07 Å². The molecule has 1 aromatic carbocycles. The van der Waals surface area contributed by atoms with E-state index < -0.39 is 0 Å². The maximum atomic E-state index is 5.93. The Morgan fingerprint density at radius 1 is 1.39 bits per heavy atom. The number of rotatable bonds is 3. The number of hydrogen-bond acceptors (Lipinski definition) is 6. The molecule has 18 heavy (non-hydrogen) atoms. The maximum Gasteiger partial charge on any atom is 0.190 e. The summed E-state index contributed by atoms with van der Waals surface area (Å²) in [5.41, 5.74) is 12.8. The third-order valence-corrected chi connectivity index (χ3v) is 2.75. The highest BCUT2D eigenvalue weighted by molar-refractivity contribution is 5.77. The number of benzene rings is 1. The summed E-state index contributed by atoms with van der Waals surface area (Å²) in [6, 6.07) is 1.65. The van der Waals surface area contributed by atoms with E-state index in [-0.39, 0.29) is 6.10 Å². The Balaban J connectivity index is 2.30. The SMILES string of the molecule is COc1cc(N)c2c(c1N)OCC(CN(C)C)O2. The van der Waals surface area contributed by atoms with Crippen molar-refractivity contribution in [2.45, 2.75) is 6.10 Å². The molecule has 1 atom stereocenters. The molecule has 0 spiro atoms. The van der Waals surface area contributed by atoms with Crippen LogP contribution in [0.5, 0.6) is 17.2 Å². The van der Waals surface area contributed by atoms with Gasteiger partial charge in [-0.15, -0.1) is 0 Å². The predicted molar refractivity (Wildman–Crippen MR) is 70.3 cm³/mol. The van der Waals surface area contributed by atoms with Crippen molar-refractivity contribution < 1.29 is 14.2 Å². The van der Waals surface area contributed by atoms with Crippen LogP contribution in [0.2, 0.25) is 0 Å². The fraction of sp³-hybridized carbons (Fsp3) is 0.500. The minimum atomic E-state index is -0.0532. The number of nitrogens with two attached hydrogens (primary N) is 2. The van der Waals surface area contributed by atoms with Crippen molar-refractivity contribution in [1.29, 1.82) is 0 Å². The van der Waals surface area contributed by atoms with Gasteiger partial charge in [0.2, 0.25) is 0 Å². The van der Waals surface area contributed by atoms with Gasteiger partial charge in [0.15, 0.2) is 11.5 Å². The fourth-order valence-corrected chi connectivity index (χ4v) is 1.96. The predicted octanol–water partition coefficient (Wildman–Crippen LogP) is 0.561. The normalized spacial score (nSPS) is 17.9. The van der Waals surface area contributed by atoms with E-state index in [1.165, 1.54) is 7.11 Å². The van der Waals surface area contributed by atoms with Crippen molar-refractivity contribution in [2.75, 3.05) is 45.8 Å². The van der Waals surface area contributed by atoms with Gasteiger partial charge < -0.3 is 30.6 Å². The Labute approximate surface area is 106 Å². The average Bonchev–Trinajstić information content (AvgIpc) is 2.33. The summed E-state index contributed by atoms with van der Waals surface area (Å²) >= 11 is 0. The van der Waals surface area contributed by atoms with Gasteiger partial charge in [-0.05, 0) is 14.1 Å². The Bertz CT molecular complexity index is 449. The molecule has 6 heteroatoms. The zero-order valence-corrected chi connectivity index (χ0v) is 10.9. The molecule has 100 valence electrons. The van der Waals surface area contributed by atoms with Gasteiger partial charge in [0.1, 0.15) is 24.1 Å². The van der Waals surface area contributed by atoms with Gasteiger partial charge in [-0.2, -0.15) is 0 Å². The minimum Gasteiger partial charge on any atom is -0.494 e. The van der Waals surface area contributed by atoms with E-state index in [1.807, 2.05) is 19.0 Å². The molecular formula is C12H19N3O3. The number of ether oxygens (including phenoxy) is 3. The molecular weight excluding hydrogens is 234 g/mol. The van der Waals surface area contributed by atoms with Crippen LogP contribution in [-0.4, -0.2) is 45.4 Å². The number of fused-ring (bicyclic) bond motifs is 1. The molecule has 1 heterocycles. The standard InChI is InChI=1S/C12H19N3O3/c1-15(2)5-7-6-17-12-10(14)9(16-3)4-8(13)11(12)18-7/h4,7H,5-6,13-14H2,1-3H3. The van der Waals surface area contributed by atoms with Crippen LogP contribution < -0.4 is 25.7 Å². The Morgan fingerprint density at radius 3 is 2.72 bits per heavy atom. The van der Waals surface area contributed by atoms with Crippen LogP contribution in [0, 0.1) is 0 Å². The summed E-state index contributed by atoms with van der Waals surface area (Å²) in [6.07, 6.45) is -0.0532. The summed E-state index contributed by atoms with van der Waals surface area (Å²) in [5.74, 6) is 1.48. The van der Waals surface area contributed by atoms with Crippen molar-refractivity contribution in [3.63, 3.8) is 0 Å². The zero-order valence-electron chi connectivity index (χ0n) is 10.9. The number of hydrogen-bond donors (Lipinski definition) is 2.